The van der Waals surface area contributed by atoms with Crippen molar-refractivity contribution < 1.29 is 4.48 Å². The molecule has 1 fully saturated rings. The van der Waals surface area contributed by atoms with Crippen molar-refractivity contribution in [1.29, 1.82) is 0 Å². The number of hydrogen-bond acceptors (Lipinski definition) is 0. The van der Waals surface area contributed by atoms with Crippen LogP contribution in [0.25, 0.3) is 0 Å². The molecule has 0 N–H and O–H groups in total. The Balaban J connectivity index is 2.01. The topological polar surface area (TPSA) is 0 Å². The Kier molecular flexibility index (Phi) is 4.63. The molecule has 0 aliphatic carbocycles. The molecule has 1 nitrogen and oxygen atoms in total. The number of halogens is 1. The van der Waals surface area contributed by atoms with Crippen molar-refractivity contribution in [3.63, 3.8) is 0 Å². The molecule has 2 rings (SSSR count). The lowest BCUT2D eigenvalue weighted by Crippen LogP contribution is -2.45. The molecule has 1 saturated heterocycles. The summed E-state index contributed by atoms with van der Waals surface area (Å²) in [4.78, 5) is 0. The van der Waals surface area contributed by atoms with Gasteiger partial charge in [-0.15, -0.1) is 0 Å². The maximum Gasteiger partial charge on any atom is 0.141 e. The molecular formula is C16H19BrN+. The van der Waals surface area contributed by atoms with Gasteiger partial charge in [-0.2, -0.15) is 0 Å². The van der Waals surface area contributed by atoms with Crippen molar-refractivity contribution in [3.05, 3.63) is 47.0 Å². The lowest BCUT2D eigenvalue weighted by Gasteiger charge is -2.30. The monoisotopic (exact) mass is 304 g/mol. The number of likely N-dealkylation sites (tertiary alicyclic amines) is 1. The molecule has 18 heavy (non-hydrogen) atoms. The maximum absolute atomic E-state index is 3.88. The van der Waals surface area contributed by atoms with Gasteiger partial charge in [-0.3, -0.25) is 0 Å². The summed E-state index contributed by atoms with van der Waals surface area (Å²) < 4.78 is 2.20. The first-order valence-electron chi connectivity index (χ1n) is 6.45. The molecule has 1 aliphatic heterocycles. The van der Waals surface area contributed by atoms with E-state index in [1.54, 1.807) is 0 Å². The van der Waals surface area contributed by atoms with E-state index in [1.807, 2.05) is 18.2 Å². The second kappa shape index (κ2) is 6.22. The fraction of sp³-hybridized carbons (Fsp3) is 0.375. The largest absolute Gasteiger partial charge is 0.310 e. The average molecular weight is 305 g/mol. The molecule has 1 aromatic rings. The molecule has 0 aromatic heterocycles. The second-order valence-electron chi connectivity index (χ2n) is 4.93. The Morgan fingerprint density at radius 3 is 2.50 bits per heavy atom. The summed E-state index contributed by atoms with van der Waals surface area (Å²) in [5, 5.41) is 0. The molecule has 1 heterocycles. The van der Waals surface area contributed by atoms with Gasteiger partial charge in [0.25, 0.3) is 0 Å². The first-order chi connectivity index (χ1) is 8.74. The highest BCUT2D eigenvalue weighted by Gasteiger charge is 2.29. The van der Waals surface area contributed by atoms with Gasteiger partial charge in [0, 0.05) is 22.9 Å². The summed E-state index contributed by atoms with van der Waals surface area (Å²) in [7, 11) is 0. The van der Waals surface area contributed by atoms with Crippen molar-refractivity contribution >= 4 is 15.9 Å². The second-order valence-corrected chi connectivity index (χ2v) is 5.85. The molecule has 0 amide bonds. The lowest BCUT2D eigenvalue weighted by molar-refractivity contribution is -0.904. The van der Waals surface area contributed by atoms with Gasteiger partial charge in [0.05, 0.1) is 19.6 Å². The van der Waals surface area contributed by atoms with Crippen LogP contribution in [-0.2, 0) is 0 Å². The highest BCUT2D eigenvalue weighted by atomic mass is 79.9. The number of hydrogen-bond donors (Lipinski definition) is 0. The minimum absolute atomic E-state index is 0.947. The van der Waals surface area contributed by atoms with E-state index in [4.69, 9.17) is 0 Å². The van der Waals surface area contributed by atoms with Gasteiger partial charge in [-0.05, 0) is 36.3 Å². The summed E-state index contributed by atoms with van der Waals surface area (Å²) in [6, 6.07) is 8.18. The zero-order valence-corrected chi connectivity index (χ0v) is 12.2. The molecule has 0 spiro atoms. The van der Waals surface area contributed by atoms with E-state index in [2.05, 4.69) is 46.5 Å². The van der Waals surface area contributed by atoms with E-state index in [-0.39, 0.29) is 0 Å². The number of rotatable bonds is 3. The standard InChI is InChI=1S/C16H19BrN/c1-2-11-18(12-3-4-13-18)14-5-6-15-7-9-16(17)10-8-15/h2,7-10H,1,3-4,11-14H2/q+1. The third-order valence-electron chi connectivity index (χ3n) is 3.52. The Labute approximate surface area is 118 Å². The molecule has 0 unspecified atom stereocenters. The zero-order chi connectivity index (χ0) is 12.8. The third kappa shape index (κ3) is 3.48. The molecule has 2 heteroatoms. The van der Waals surface area contributed by atoms with Gasteiger partial charge in [-0.1, -0.05) is 28.4 Å². The molecule has 0 atom stereocenters. The molecule has 0 radical (unpaired) electrons. The predicted octanol–water partition coefficient (Wildman–Crippen LogP) is 3.60. The van der Waals surface area contributed by atoms with Crippen molar-refractivity contribution in [2.24, 2.45) is 0 Å². The van der Waals surface area contributed by atoms with E-state index >= 15 is 0 Å². The van der Waals surface area contributed by atoms with Crippen LogP contribution in [0, 0.1) is 11.8 Å². The van der Waals surface area contributed by atoms with Gasteiger partial charge in [-0.25, -0.2) is 0 Å². The smallest absolute Gasteiger partial charge is 0.141 e. The summed E-state index contributed by atoms with van der Waals surface area (Å²) in [6.07, 6.45) is 4.69. The van der Waals surface area contributed by atoms with Crippen molar-refractivity contribution in [1.82, 2.24) is 0 Å². The molecule has 0 saturated carbocycles. The van der Waals surface area contributed by atoms with E-state index in [9.17, 15) is 0 Å². The van der Waals surface area contributed by atoms with Crippen LogP contribution in [0.15, 0.2) is 41.4 Å². The van der Waals surface area contributed by atoms with Crippen molar-refractivity contribution in [2.75, 3.05) is 26.2 Å². The summed E-state index contributed by atoms with van der Waals surface area (Å²) in [5.41, 5.74) is 1.09. The van der Waals surface area contributed by atoms with Gasteiger partial charge in [0.1, 0.15) is 6.54 Å². The number of nitrogens with zero attached hydrogens (tertiary/aromatic N) is 1. The Bertz CT molecular complexity index is 458. The van der Waals surface area contributed by atoms with E-state index in [1.165, 1.54) is 25.9 Å². The molecule has 1 aliphatic rings. The minimum atomic E-state index is 0.947. The maximum atomic E-state index is 3.88. The fourth-order valence-electron chi connectivity index (χ4n) is 2.53. The SMILES string of the molecule is C=CC[N+]1(CC#Cc2ccc(Br)cc2)CCCC1. The van der Waals surface area contributed by atoms with Crippen LogP contribution in [0.4, 0.5) is 0 Å². The Morgan fingerprint density at radius 2 is 1.89 bits per heavy atom. The van der Waals surface area contributed by atoms with Gasteiger partial charge in [0.15, 0.2) is 0 Å². The van der Waals surface area contributed by atoms with Crippen LogP contribution in [-0.4, -0.2) is 30.7 Å². The van der Waals surface area contributed by atoms with Crippen LogP contribution in [0.3, 0.4) is 0 Å². The van der Waals surface area contributed by atoms with E-state index in [0.717, 1.165) is 27.6 Å². The predicted molar refractivity (Wildman–Crippen MR) is 80.2 cm³/mol. The summed E-state index contributed by atoms with van der Waals surface area (Å²) in [5.74, 6) is 6.61. The average Bonchev–Trinajstić information content (AvgIpc) is 2.81. The molecular weight excluding hydrogens is 286 g/mol. The number of benzene rings is 1. The highest BCUT2D eigenvalue weighted by Crippen LogP contribution is 2.18. The van der Waals surface area contributed by atoms with Crippen molar-refractivity contribution in [3.8, 4) is 11.8 Å². The summed E-state index contributed by atoms with van der Waals surface area (Å²) in [6.45, 7) is 8.38. The molecule has 0 bridgehead atoms. The third-order valence-corrected chi connectivity index (χ3v) is 4.05. The highest BCUT2D eigenvalue weighted by molar-refractivity contribution is 9.10. The van der Waals surface area contributed by atoms with E-state index in [0.29, 0.717) is 0 Å². The van der Waals surface area contributed by atoms with Crippen LogP contribution in [0.5, 0.6) is 0 Å². The van der Waals surface area contributed by atoms with Gasteiger partial charge in [0.2, 0.25) is 0 Å². The van der Waals surface area contributed by atoms with Gasteiger partial charge < -0.3 is 4.48 Å². The van der Waals surface area contributed by atoms with Gasteiger partial charge >= 0.3 is 0 Å². The molecule has 1 aromatic carbocycles. The van der Waals surface area contributed by atoms with Crippen LogP contribution < -0.4 is 0 Å². The quantitative estimate of drug-likeness (QED) is 0.455. The minimum Gasteiger partial charge on any atom is -0.310 e. The van der Waals surface area contributed by atoms with Crippen LogP contribution >= 0.6 is 15.9 Å². The van der Waals surface area contributed by atoms with Crippen LogP contribution in [0.2, 0.25) is 0 Å². The van der Waals surface area contributed by atoms with Crippen LogP contribution in [0.1, 0.15) is 18.4 Å². The van der Waals surface area contributed by atoms with E-state index < -0.39 is 0 Å². The number of quaternary nitrogens is 1. The Morgan fingerprint density at radius 1 is 1.22 bits per heavy atom. The first kappa shape index (κ1) is 13.4. The normalized spacial score (nSPS) is 16.9. The molecule has 94 valence electrons. The fourth-order valence-corrected chi connectivity index (χ4v) is 2.79. The first-order valence-corrected chi connectivity index (χ1v) is 7.24. The zero-order valence-electron chi connectivity index (χ0n) is 10.7. The van der Waals surface area contributed by atoms with Crippen molar-refractivity contribution in [2.45, 2.75) is 12.8 Å². The summed E-state index contributed by atoms with van der Waals surface area (Å²) >= 11 is 3.43. The lowest BCUT2D eigenvalue weighted by atomic mass is 10.2. The Hall–Kier alpha value is -1.04.